The van der Waals surface area contributed by atoms with Gasteiger partial charge in [-0.25, -0.2) is 4.79 Å². The summed E-state index contributed by atoms with van der Waals surface area (Å²) in [7, 11) is 1.21. The number of nitrogens with one attached hydrogen (secondary N) is 2. The molecule has 1 aliphatic rings. The fourth-order valence-electron chi connectivity index (χ4n) is 4.04. The van der Waals surface area contributed by atoms with Crippen molar-refractivity contribution in [1.82, 2.24) is 5.32 Å². The minimum atomic E-state index is -0.827. The molecule has 2 aromatic carbocycles. The maximum Gasteiger partial charge on any atom is 0.343 e. The number of aryl methyl sites for hydroxylation is 2. The molecule has 1 aliphatic heterocycles. The molecule has 39 heavy (non-hydrogen) atoms. The van der Waals surface area contributed by atoms with E-state index in [4.69, 9.17) is 20.8 Å². The number of carbonyl (C=O) groups excluding carboxylic acids is 4. The molecule has 1 aromatic heterocycles. The van der Waals surface area contributed by atoms with Gasteiger partial charge in [0.1, 0.15) is 17.1 Å². The number of esters is 1. The van der Waals surface area contributed by atoms with Crippen molar-refractivity contribution in [1.29, 1.82) is 0 Å². The number of furan rings is 1. The molecule has 0 fully saturated rings. The van der Waals surface area contributed by atoms with Gasteiger partial charge in [0.15, 0.2) is 0 Å². The molecule has 2 heterocycles. The van der Waals surface area contributed by atoms with Crippen LogP contribution in [0.2, 0.25) is 5.02 Å². The van der Waals surface area contributed by atoms with E-state index in [1.165, 1.54) is 13.2 Å². The van der Waals surface area contributed by atoms with Crippen LogP contribution in [-0.2, 0) is 30.5 Å². The first-order valence-electron chi connectivity index (χ1n) is 12.0. The maximum atomic E-state index is 13.2. The second kappa shape index (κ2) is 11.4. The quantitative estimate of drug-likeness (QED) is 0.199. The van der Waals surface area contributed by atoms with Crippen LogP contribution in [0.1, 0.15) is 29.6 Å². The predicted molar refractivity (Wildman–Crippen MR) is 147 cm³/mol. The van der Waals surface area contributed by atoms with E-state index in [1.54, 1.807) is 60.4 Å². The molecule has 3 aromatic rings. The number of anilines is 2. The summed E-state index contributed by atoms with van der Waals surface area (Å²) >= 11 is 6.02. The number of Topliss-reactive ketones (excluding diaryl/α,β-unsaturated/α-hetero) is 1. The second-order valence-corrected chi connectivity index (χ2v) is 9.30. The van der Waals surface area contributed by atoms with Gasteiger partial charge in [-0.05, 0) is 80.4 Å². The summed E-state index contributed by atoms with van der Waals surface area (Å²) in [6.45, 7) is 5.46. The number of rotatable bonds is 6. The highest BCUT2D eigenvalue weighted by Crippen LogP contribution is 2.36. The second-order valence-electron chi connectivity index (χ2n) is 8.86. The SMILES string of the molecule is COC(=O)C1=C(C)N(c2ccc(Cl)cc2)/C(=C/c2ccc(CNC(=O)C(=O)Nc3ccc(C)c(C)c3)o2)C1=O. The summed E-state index contributed by atoms with van der Waals surface area (Å²) in [5.41, 5.74) is 3.68. The first-order chi connectivity index (χ1) is 18.6. The van der Waals surface area contributed by atoms with Crippen LogP contribution in [0.5, 0.6) is 0 Å². The minimum Gasteiger partial charge on any atom is -0.465 e. The van der Waals surface area contributed by atoms with E-state index < -0.39 is 23.6 Å². The van der Waals surface area contributed by atoms with Crippen LogP contribution in [0.4, 0.5) is 11.4 Å². The molecule has 2 amide bonds. The number of methoxy groups -OCH3 is 1. The number of benzene rings is 2. The highest BCUT2D eigenvalue weighted by molar-refractivity contribution is 6.39. The fourth-order valence-corrected chi connectivity index (χ4v) is 4.16. The maximum absolute atomic E-state index is 13.2. The Hall–Kier alpha value is -4.63. The van der Waals surface area contributed by atoms with Gasteiger partial charge in [0.2, 0.25) is 5.78 Å². The number of ketones is 1. The Morgan fingerprint density at radius 3 is 2.36 bits per heavy atom. The van der Waals surface area contributed by atoms with Crippen LogP contribution in [0.15, 0.2) is 76.0 Å². The zero-order valence-electron chi connectivity index (χ0n) is 21.8. The topological polar surface area (TPSA) is 118 Å². The average Bonchev–Trinajstić information content (AvgIpc) is 3.46. The minimum absolute atomic E-state index is 0.0537. The Labute approximate surface area is 230 Å². The Balaban J connectivity index is 1.49. The van der Waals surface area contributed by atoms with Gasteiger partial charge in [-0.15, -0.1) is 0 Å². The van der Waals surface area contributed by atoms with Crippen LogP contribution in [0.3, 0.4) is 0 Å². The third-order valence-corrected chi connectivity index (χ3v) is 6.48. The molecule has 0 saturated carbocycles. The summed E-state index contributed by atoms with van der Waals surface area (Å²) < 4.78 is 10.6. The van der Waals surface area contributed by atoms with E-state index in [-0.39, 0.29) is 17.8 Å². The lowest BCUT2D eigenvalue weighted by molar-refractivity contribution is -0.137. The summed E-state index contributed by atoms with van der Waals surface area (Å²) in [5, 5.41) is 5.60. The number of hydrogen-bond donors (Lipinski definition) is 2. The van der Waals surface area contributed by atoms with Crippen molar-refractivity contribution in [3.8, 4) is 0 Å². The number of nitrogens with zero attached hydrogens (tertiary/aromatic N) is 1. The molecule has 10 heteroatoms. The fraction of sp³-hybridized carbons (Fsp3) is 0.172. The van der Waals surface area contributed by atoms with Crippen molar-refractivity contribution in [2.45, 2.75) is 27.3 Å². The summed E-state index contributed by atoms with van der Waals surface area (Å²) in [6, 6.07) is 15.4. The Kier molecular flexibility index (Phi) is 8.01. The van der Waals surface area contributed by atoms with Crippen LogP contribution >= 0.6 is 11.6 Å². The normalized spacial score (nSPS) is 14.1. The lowest BCUT2D eigenvalue weighted by Crippen LogP contribution is -2.34. The van der Waals surface area contributed by atoms with Crippen LogP contribution < -0.4 is 15.5 Å². The molecule has 200 valence electrons. The van der Waals surface area contributed by atoms with Crippen LogP contribution in [0, 0.1) is 13.8 Å². The monoisotopic (exact) mass is 547 g/mol. The number of allylic oxidation sites excluding steroid dienone is 2. The summed E-state index contributed by atoms with van der Waals surface area (Å²) in [6.07, 6.45) is 1.49. The molecule has 0 spiro atoms. The Morgan fingerprint density at radius 2 is 1.69 bits per heavy atom. The molecule has 2 N–H and O–H groups in total. The molecule has 0 atom stereocenters. The van der Waals surface area contributed by atoms with Gasteiger partial charge in [-0.1, -0.05) is 17.7 Å². The van der Waals surface area contributed by atoms with E-state index >= 15 is 0 Å². The van der Waals surface area contributed by atoms with E-state index in [0.29, 0.717) is 33.6 Å². The van der Waals surface area contributed by atoms with Crippen molar-refractivity contribution in [3.05, 3.63) is 99.2 Å². The first kappa shape index (κ1) is 27.4. The standard InChI is InChI=1S/C29H26ClN3O6/c1-16-5-8-20(13-17(16)2)32-28(36)27(35)31-15-23-12-11-22(39-23)14-24-26(34)25(29(37)38-4)18(3)33(24)21-9-6-19(30)7-10-21/h5-14H,15H2,1-4H3,(H,31,35)(H,32,36)/b24-14+. The van der Waals surface area contributed by atoms with Crippen molar-refractivity contribution in [3.63, 3.8) is 0 Å². The predicted octanol–water partition coefficient (Wildman–Crippen LogP) is 4.68. The zero-order chi connectivity index (χ0) is 28.3. The number of carbonyl (C=O) groups is 4. The van der Waals surface area contributed by atoms with Gasteiger partial charge >= 0.3 is 17.8 Å². The summed E-state index contributed by atoms with van der Waals surface area (Å²) in [5.74, 6) is -2.24. The molecule has 0 aliphatic carbocycles. The van der Waals surface area contributed by atoms with Gasteiger partial charge < -0.3 is 24.7 Å². The first-order valence-corrected chi connectivity index (χ1v) is 12.3. The van der Waals surface area contributed by atoms with Gasteiger partial charge in [-0.3, -0.25) is 14.4 Å². The molecule has 0 bridgehead atoms. The largest absolute Gasteiger partial charge is 0.465 e. The van der Waals surface area contributed by atoms with Gasteiger partial charge in [0.05, 0.1) is 19.4 Å². The Morgan fingerprint density at radius 1 is 0.974 bits per heavy atom. The third-order valence-electron chi connectivity index (χ3n) is 6.23. The smallest absolute Gasteiger partial charge is 0.343 e. The number of amides is 2. The highest BCUT2D eigenvalue weighted by Gasteiger charge is 2.38. The Bertz CT molecular complexity index is 1530. The molecule has 0 saturated heterocycles. The van der Waals surface area contributed by atoms with Gasteiger partial charge in [0, 0.05) is 28.2 Å². The lowest BCUT2D eigenvalue weighted by atomic mass is 10.1. The van der Waals surface area contributed by atoms with E-state index in [2.05, 4.69) is 10.6 Å². The molecule has 9 nitrogen and oxygen atoms in total. The van der Waals surface area contributed by atoms with Crippen molar-refractivity contribution >= 4 is 52.6 Å². The molecule has 0 unspecified atom stereocenters. The lowest BCUT2D eigenvalue weighted by Gasteiger charge is -2.21. The molecular formula is C29H26ClN3O6. The molecule has 4 rings (SSSR count). The van der Waals surface area contributed by atoms with Gasteiger partial charge in [0.25, 0.3) is 0 Å². The number of hydrogen-bond acceptors (Lipinski definition) is 7. The van der Waals surface area contributed by atoms with Crippen molar-refractivity contribution in [2.75, 3.05) is 17.3 Å². The van der Waals surface area contributed by atoms with E-state index in [1.807, 2.05) is 19.9 Å². The highest BCUT2D eigenvalue weighted by atomic mass is 35.5. The van der Waals surface area contributed by atoms with Crippen molar-refractivity contribution in [2.24, 2.45) is 0 Å². The molecule has 0 radical (unpaired) electrons. The molecular weight excluding hydrogens is 522 g/mol. The van der Waals surface area contributed by atoms with Gasteiger partial charge in [-0.2, -0.15) is 0 Å². The third kappa shape index (κ3) is 5.94. The number of halogens is 1. The number of ether oxygens (including phenoxy) is 1. The van der Waals surface area contributed by atoms with E-state index in [0.717, 1.165) is 11.1 Å². The van der Waals surface area contributed by atoms with Crippen LogP contribution in [0.25, 0.3) is 6.08 Å². The average molecular weight is 548 g/mol. The van der Waals surface area contributed by atoms with E-state index in [9.17, 15) is 19.2 Å². The zero-order valence-corrected chi connectivity index (χ0v) is 22.5. The van der Waals surface area contributed by atoms with Crippen molar-refractivity contribution < 1.29 is 28.3 Å². The van der Waals surface area contributed by atoms with Crippen LogP contribution in [-0.4, -0.2) is 30.7 Å². The summed E-state index contributed by atoms with van der Waals surface area (Å²) in [4.78, 5) is 51.8.